The van der Waals surface area contributed by atoms with Gasteiger partial charge in [0, 0.05) is 0 Å². The van der Waals surface area contributed by atoms with Crippen molar-refractivity contribution in [2.75, 3.05) is 0 Å². The van der Waals surface area contributed by atoms with Gasteiger partial charge in [0.05, 0.1) is 0 Å². The summed E-state index contributed by atoms with van der Waals surface area (Å²) in [5, 5.41) is -1.92. The van der Waals surface area contributed by atoms with Crippen LogP contribution in [0.1, 0.15) is 13.3 Å². The van der Waals surface area contributed by atoms with E-state index in [9.17, 15) is 26.3 Å². The average Bonchev–Trinajstić information content (AvgIpc) is 2.29. The molecule has 0 amide bonds. The molecule has 0 aliphatic carbocycles. The molecular weight excluding hydrogens is 250 g/mol. The van der Waals surface area contributed by atoms with Gasteiger partial charge in [-0.2, -0.15) is 26.3 Å². The molecule has 0 aromatic carbocycles. The molecular formula is C6H6F6S2. The molecule has 0 saturated carbocycles. The maximum atomic E-state index is 12.3. The topological polar surface area (TPSA) is 0 Å². The first-order chi connectivity index (χ1) is 6.06. The van der Waals surface area contributed by atoms with Gasteiger partial charge in [-0.05, 0) is 13.3 Å². The zero-order valence-electron chi connectivity index (χ0n) is 6.87. The lowest BCUT2D eigenvalue weighted by molar-refractivity contribution is -0.168. The van der Waals surface area contributed by atoms with Crippen LogP contribution in [0.25, 0.3) is 0 Å². The fourth-order valence-corrected chi connectivity index (χ4v) is 4.20. The van der Waals surface area contributed by atoms with Crippen LogP contribution in [0.5, 0.6) is 0 Å². The third kappa shape index (κ3) is 2.26. The molecule has 1 saturated heterocycles. The van der Waals surface area contributed by atoms with E-state index in [1.54, 1.807) is 0 Å². The Morgan fingerprint density at radius 2 is 1.64 bits per heavy atom. The molecule has 0 N–H and O–H groups in total. The van der Waals surface area contributed by atoms with Gasteiger partial charge in [-0.1, -0.05) is 21.6 Å². The van der Waals surface area contributed by atoms with E-state index >= 15 is 0 Å². The molecule has 1 fully saturated rings. The fraction of sp³-hybridized carbons (Fsp3) is 1.00. The molecule has 0 radical (unpaired) electrons. The zero-order chi connectivity index (χ0) is 11.2. The molecule has 84 valence electrons. The Morgan fingerprint density at radius 3 is 1.86 bits per heavy atom. The minimum atomic E-state index is -4.59. The summed E-state index contributed by atoms with van der Waals surface area (Å²) in [4.78, 5) is 0. The molecule has 1 rings (SSSR count). The Hall–Kier alpha value is 0.280. The van der Waals surface area contributed by atoms with Gasteiger partial charge in [-0.15, -0.1) is 0 Å². The molecule has 14 heavy (non-hydrogen) atoms. The molecule has 1 aliphatic heterocycles. The number of halogens is 6. The minimum absolute atomic E-state index is 0.255. The fourth-order valence-electron chi connectivity index (χ4n) is 0.919. The summed E-state index contributed by atoms with van der Waals surface area (Å²) in [5.74, 6) is 0. The largest absolute Gasteiger partial charge is 0.403 e. The number of hydrogen-bond acceptors (Lipinski definition) is 2. The SMILES string of the molecule is CC1(C(F)(F)F)CC(C(F)(F)F)SS1. The van der Waals surface area contributed by atoms with E-state index < -0.39 is 28.8 Å². The Morgan fingerprint density at radius 1 is 1.14 bits per heavy atom. The van der Waals surface area contributed by atoms with E-state index in [0.29, 0.717) is 0 Å². The van der Waals surface area contributed by atoms with E-state index in [2.05, 4.69) is 0 Å². The summed E-state index contributed by atoms with van der Waals surface area (Å²) in [5.41, 5.74) is 0. The van der Waals surface area contributed by atoms with Crippen molar-refractivity contribution in [1.82, 2.24) is 0 Å². The zero-order valence-corrected chi connectivity index (χ0v) is 8.50. The summed E-state index contributed by atoms with van der Waals surface area (Å²) in [7, 11) is 0.513. The smallest absolute Gasteiger partial charge is 0.170 e. The normalized spacial score (nSPS) is 34.9. The third-order valence-electron chi connectivity index (χ3n) is 1.89. The highest BCUT2D eigenvalue weighted by Crippen LogP contribution is 2.60. The second-order valence-corrected chi connectivity index (χ2v) is 6.05. The van der Waals surface area contributed by atoms with Gasteiger partial charge in [0.25, 0.3) is 0 Å². The molecule has 1 aliphatic rings. The van der Waals surface area contributed by atoms with Crippen LogP contribution in [0.15, 0.2) is 0 Å². The lowest BCUT2D eigenvalue weighted by Crippen LogP contribution is -2.39. The second kappa shape index (κ2) is 3.40. The van der Waals surface area contributed by atoms with Gasteiger partial charge in [0.15, 0.2) is 0 Å². The van der Waals surface area contributed by atoms with E-state index in [1.807, 2.05) is 0 Å². The van der Waals surface area contributed by atoms with Gasteiger partial charge >= 0.3 is 12.4 Å². The van der Waals surface area contributed by atoms with E-state index in [-0.39, 0.29) is 21.6 Å². The average molecular weight is 256 g/mol. The monoisotopic (exact) mass is 256 g/mol. The van der Waals surface area contributed by atoms with Crippen LogP contribution in [-0.2, 0) is 0 Å². The van der Waals surface area contributed by atoms with Crippen molar-refractivity contribution in [3.05, 3.63) is 0 Å². The number of hydrogen-bond donors (Lipinski definition) is 0. The first kappa shape index (κ1) is 12.4. The van der Waals surface area contributed by atoms with Gasteiger partial charge < -0.3 is 0 Å². The predicted octanol–water partition coefficient (Wildman–Crippen LogP) is 4.02. The summed E-state index contributed by atoms with van der Waals surface area (Å²) in [6, 6.07) is 0. The van der Waals surface area contributed by atoms with E-state index in [1.165, 1.54) is 0 Å². The highest BCUT2D eigenvalue weighted by atomic mass is 33.1. The summed E-state index contributed by atoms with van der Waals surface area (Å²) in [6.45, 7) is 0.802. The van der Waals surface area contributed by atoms with Crippen LogP contribution in [0.4, 0.5) is 26.3 Å². The van der Waals surface area contributed by atoms with Crippen molar-refractivity contribution in [2.45, 2.75) is 35.7 Å². The lowest BCUT2D eigenvalue weighted by Gasteiger charge is -2.25. The first-order valence-electron chi connectivity index (χ1n) is 3.54. The minimum Gasteiger partial charge on any atom is -0.170 e. The van der Waals surface area contributed by atoms with Crippen LogP contribution >= 0.6 is 21.6 Å². The molecule has 2 unspecified atom stereocenters. The van der Waals surface area contributed by atoms with Crippen molar-refractivity contribution in [1.29, 1.82) is 0 Å². The molecule has 8 heteroatoms. The van der Waals surface area contributed by atoms with Crippen LogP contribution in [0, 0.1) is 0 Å². The maximum absolute atomic E-state index is 12.3. The van der Waals surface area contributed by atoms with Gasteiger partial charge in [-0.3, -0.25) is 0 Å². The molecule has 0 spiro atoms. The van der Waals surface area contributed by atoms with Crippen LogP contribution in [-0.4, -0.2) is 22.3 Å². The lowest BCUT2D eigenvalue weighted by atomic mass is 10.0. The van der Waals surface area contributed by atoms with Crippen molar-refractivity contribution in [3.63, 3.8) is 0 Å². The molecule has 0 nitrogen and oxygen atoms in total. The highest BCUT2D eigenvalue weighted by Gasteiger charge is 2.61. The highest BCUT2D eigenvalue weighted by molar-refractivity contribution is 8.77. The van der Waals surface area contributed by atoms with Crippen molar-refractivity contribution < 1.29 is 26.3 Å². The second-order valence-electron chi connectivity index (χ2n) is 3.14. The Balaban J connectivity index is 2.75. The standard InChI is InChI=1S/C6H6F6S2/c1-4(6(10,11)12)2-3(13-14-4)5(7,8)9/h3H,2H2,1H3. The summed E-state index contributed by atoms with van der Waals surface area (Å²) in [6.07, 6.45) is -10.1. The van der Waals surface area contributed by atoms with Crippen LogP contribution in [0.3, 0.4) is 0 Å². The molecule has 0 aromatic rings. The van der Waals surface area contributed by atoms with Gasteiger partial charge in [-0.25, -0.2) is 0 Å². The Kier molecular flexibility index (Phi) is 3.00. The quantitative estimate of drug-likeness (QED) is 0.474. The molecule has 0 aromatic heterocycles. The Bertz CT molecular complexity index is 221. The molecule has 2 atom stereocenters. The van der Waals surface area contributed by atoms with Crippen molar-refractivity contribution in [3.8, 4) is 0 Å². The molecule has 0 bridgehead atoms. The summed E-state index contributed by atoms with van der Waals surface area (Å²) < 4.78 is 70.9. The van der Waals surface area contributed by atoms with Crippen molar-refractivity contribution in [2.24, 2.45) is 0 Å². The first-order valence-corrected chi connectivity index (χ1v) is 5.75. The number of alkyl halides is 6. The number of rotatable bonds is 0. The van der Waals surface area contributed by atoms with Gasteiger partial charge in [0.1, 0.15) is 10.00 Å². The molecule has 1 heterocycles. The van der Waals surface area contributed by atoms with Crippen LogP contribution in [0.2, 0.25) is 0 Å². The van der Waals surface area contributed by atoms with Gasteiger partial charge in [0.2, 0.25) is 0 Å². The summed E-state index contributed by atoms with van der Waals surface area (Å²) >= 11 is 0. The third-order valence-corrected chi connectivity index (χ3v) is 5.51. The predicted molar refractivity (Wildman–Crippen MR) is 44.1 cm³/mol. The van der Waals surface area contributed by atoms with E-state index in [0.717, 1.165) is 6.92 Å². The maximum Gasteiger partial charge on any atom is 0.403 e. The van der Waals surface area contributed by atoms with Crippen LogP contribution < -0.4 is 0 Å². The van der Waals surface area contributed by atoms with E-state index in [4.69, 9.17) is 0 Å². The van der Waals surface area contributed by atoms with Crippen molar-refractivity contribution >= 4 is 21.6 Å². The Labute approximate surface area is 84.2 Å².